The Balaban J connectivity index is 2.85. The smallest absolute Gasteiger partial charge is 0.0615 e. The van der Waals surface area contributed by atoms with Gasteiger partial charge < -0.3 is 5.11 Å². The molecule has 0 bridgehead atoms. The maximum atomic E-state index is 8.54. The van der Waals surface area contributed by atoms with E-state index in [-0.39, 0.29) is 6.61 Å². The minimum atomic E-state index is 0.119. The normalized spacial score (nSPS) is 11.2. The van der Waals surface area contributed by atoms with Crippen molar-refractivity contribution in [3.05, 3.63) is 27.5 Å². The van der Waals surface area contributed by atoms with Crippen LogP contribution in [0.1, 0.15) is 15.3 Å². The van der Waals surface area contributed by atoms with Gasteiger partial charge in [-0.15, -0.1) is 11.3 Å². The number of rotatable bonds is 2. The van der Waals surface area contributed by atoms with Gasteiger partial charge >= 0.3 is 0 Å². The molecule has 1 aromatic rings. The van der Waals surface area contributed by atoms with Crippen LogP contribution in [0.5, 0.6) is 0 Å². The lowest BCUT2D eigenvalue weighted by molar-refractivity contribution is 0.343. The van der Waals surface area contributed by atoms with Crippen LogP contribution in [-0.2, 0) is 0 Å². The number of thiophene rings is 1. The maximum Gasteiger partial charge on any atom is 0.0615 e. The molecule has 1 rings (SSSR count). The highest BCUT2D eigenvalue weighted by atomic mass is 32.1. The van der Waals surface area contributed by atoms with Crippen LogP contribution in [0.2, 0.25) is 0 Å². The molecule has 60 valence electrons. The second-order valence-corrected chi connectivity index (χ2v) is 3.91. The first kappa shape index (κ1) is 8.50. The molecule has 0 saturated carbocycles. The van der Waals surface area contributed by atoms with Crippen molar-refractivity contribution >= 4 is 17.4 Å². The zero-order valence-electron chi connectivity index (χ0n) is 6.79. The minimum Gasteiger partial charge on any atom is -0.392 e. The monoisotopic (exact) mass is 168 g/mol. The summed E-state index contributed by atoms with van der Waals surface area (Å²) in [7, 11) is 0. The van der Waals surface area contributed by atoms with Crippen LogP contribution in [0.4, 0.5) is 0 Å². The zero-order valence-corrected chi connectivity index (χ0v) is 7.61. The first-order chi connectivity index (χ1) is 5.24. The number of hydrogen-bond donors (Lipinski definition) is 1. The second kappa shape index (κ2) is 3.69. The summed E-state index contributed by atoms with van der Waals surface area (Å²) in [6.07, 6.45) is 3.72. The van der Waals surface area contributed by atoms with Crippen LogP contribution >= 0.6 is 11.3 Å². The predicted octanol–water partition coefficient (Wildman–Crippen LogP) is 2.37. The molecule has 0 aliphatic heterocycles. The third-order valence-corrected chi connectivity index (χ3v) is 2.46. The molecule has 1 N–H and O–H groups in total. The van der Waals surface area contributed by atoms with E-state index in [0.717, 1.165) is 0 Å². The van der Waals surface area contributed by atoms with E-state index in [2.05, 4.69) is 19.9 Å². The van der Waals surface area contributed by atoms with Crippen molar-refractivity contribution in [1.29, 1.82) is 0 Å². The van der Waals surface area contributed by atoms with Crippen LogP contribution < -0.4 is 0 Å². The molecule has 0 unspecified atom stereocenters. The van der Waals surface area contributed by atoms with E-state index >= 15 is 0 Å². The molecule has 2 heteroatoms. The van der Waals surface area contributed by atoms with Gasteiger partial charge in [0.25, 0.3) is 0 Å². The molecule has 0 amide bonds. The molecule has 0 aliphatic carbocycles. The molecular weight excluding hydrogens is 156 g/mol. The Morgan fingerprint density at radius 3 is 2.73 bits per heavy atom. The minimum absolute atomic E-state index is 0.119. The van der Waals surface area contributed by atoms with Gasteiger partial charge in [-0.05, 0) is 25.5 Å². The van der Waals surface area contributed by atoms with Gasteiger partial charge in [0.1, 0.15) is 0 Å². The van der Waals surface area contributed by atoms with Crippen LogP contribution in [0.3, 0.4) is 0 Å². The van der Waals surface area contributed by atoms with Gasteiger partial charge in [0.15, 0.2) is 0 Å². The Kier molecular flexibility index (Phi) is 2.85. The predicted molar refractivity (Wildman–Crippen MR) is 49.9 cm³/mol. The topological polar surface area (TPSA) is 20.2 Å². The van der Waals surface area contributed by atoms with Crippen molar-refractivity contribution in [2.75, 3.05) is 6.61 Å². The molecule has 0 aromatic carbocycles. The largest absolute Gasteiger partial charge is 0.392 e. The van der Waals surface area contributed by atoms with Gasteiger partial charge in [0.2, 0.25) is 0 Å². The first-order valence-corrected chi connectivity index (χ1v) is 4.40. The fourth-order valence-corrected chi connectivity index (χ4v) is 1.91. The van der Waals surface area contributed by atoms with Crippen molar-refractivity contribution in [2.24, 2.45) is 0 Å². The summed E-state index contributed by atoms with van der Waals surface area (Å²) in [5, 5.41) is 8.54. The Morgan fingerprint density at radius 1 is 1.55 bits per heavy atom. The Bertz CT molecular complexity index is 261. The quantitative estimate of drug-likeness (QED) is 0.718. The number of aryl methyl sites for hydroxylation is 2. The number of aliphatic hydroxyl groups is 1. The molecule has 1 nitrogen and oxygen atoms in total. The molecule has 0 saturated heterocycles. The lowest BCUT2D eigenvalue weighted by Crippen LogP contribution is -1.72. The third-order valence-electron chi connectivity index (χ3n) is 1.48. The SMILES string of the molecule is Cc1cc(C=CCO)c(C)s1. The van der Waals surface area contributed by atoms with Gasteiger partial charge in [-0.25, -0.2) is 0 Å². The molecule has 1 aromatic heterocycles. The summed E-state index contributed by atoms with van der Waals surface area (Å²) in [6.45, 7) is 4.30. The molecule has 0 radical (unpaired) electrons. The number of aliphatic hydroxyl groups excluding tert-OH is 1. The zero-order chi connectivity index (χ0) is 8.27. The van der Waals surface area contributed by atoms with Crippen molar-refractivity contribution in [3.63, 3.8) is 0 Å². The molecule has 11 heavy (non-hydrogen) atoms. The highest BCUT2D eigenvalue weighted by Crippen LogP contribution is 2.21. The summed E-state index contributed by atoms with van der Waals surface area (Å²) in [5.41, 5.74) is 1.22. The lowest BCUT2D eigenvalue weighted by Gasteiger charge is -1.86. The number of hydrogen-bond acceptors (Lipinski definition) is 2. The lowest BCUT2D eigenvalue weighted by atomic mass is 10.2. The van der Waals surface area contributed by atoms with Gasteiger partial charge in [0, 0.05) is 9.75 Å². The first-order valence-electron chi connectivity index (χ1n) is 3.58. The second-order valence-electron chi connectivity index (χ2n) is 2.45. The van der Waals surface area contributed by atoms with Crippen LogP contribution in [0, 0.1) is 13.8 Å². The fourth-order valence-electron chi connectivity index (χ4n) is 0.996. The fraction of sp³-hybridized carbons (Fsp3) is 0.333. The Labute approximate surface area is 71.0 Å². The van der Waals surface area contributed by atoms with E-state index in [9.17, 15) is 0 Å². The highest BCUT2D eigenvalue weighted by molar-refractivity contribution is 7.12. The van der Waals surface area contributed by atoms with Crippen molar-refractivity contribution in [2.45, 2.75) is 13.8 Å². The molecular formula is C9H12OS. The summed E-state index contributed by atoms with van der Waals surface area (Å²) in [6, 6.07) is 2.13. The van der Waals surface area contributed by atoms with E-state index in [1.807, 2.05) is 6.08 Å². The van der Waals surface area contributed by atoms with E-state index in [4.69, 9.17) is 5.11 Å². The average Bonchev–Trinajstić information content (AvgIpc) is 2.26. The van der Waals surface area contributed by atoms with Gasteiger partial charge in [-0.2, -0.15) is 0 Å². The van der Waals surface area contributed by atoms with Crippen molar-refractivity contribution < 1.29 is 5.11 Å². The summed E-state index contributed by atoms with van der Waals surface area (Å²) in [4.78, 5) is 2.63. The van der Waals surface area contributed by atoms with Crippen molar-refractivity contribution in [1.82, 2.24) is 0 Å². The molecule has 0 fully saturated rings. The summed E-state index contributed by atoms with van der Waals surface area (Å²) >= 11 is 1.79. The standard InChI is InChI=1S/C9H12OS/c1-7-6-9(4-3-5-10)8(2)11-7/h3-4,6,10H,5H2,1-2H3. The Morgan fingerprint density at radius 2 is 2.27 bits per heavy atom. The average molecular weight is 168 g/mol. The Hall–Kier alpha value is -0.600. The highest BCUT2D eigenvalue weighted by Gasteiger charge is 1.97. The molecule has 0 atom stereocenters. The van der Waals surface area contributed by atoms with Crippen LogP contribution in [0.25, 0.3) is 6.08 Å². The maximum absolute atomic E-state index is 8.54. The van der Waals surface area contributed by atoms with Gasteiger partial charge in [0.05, 0.1) is 6.61 Å². The van der Waals surface area contributed by atoms with E-state index < -0.39 is 0 Å². The summed E-state index contributed by atoms with van der Waals surface area (Å²) < 4.78 is 0. The molecule has 0 aliphatic rings. The molecule has 1 heterocycles. The third kappa shape index (κ3) is 2.17. The van der Waals surface area contributed by atoms with E-state index in [0.29, 0.717) is 0 Å². The van der Waals surface area contributed by atoms with Crippen LogP contribution in [0.15, 0.2) is 12.1 Å². The van der Waals surface area contributed by atoms with E-state index in [1.54, 1.807) is 17.4 Å². The summed E-state index contributed by atoms with van der Waals surface area (Å²) in [5.74, 6) is 0. The van der Waals surface area contributed by atoms with Gasteiger partial charge in [-0.1, -0.05) is 12.2 Å². The molecule has 0 spiro atoms. The van der Waals surface area contributed by atoms with Gasteiger partial charge in [-0.3, -0.25) is 0 Å². The van der Waals surface area contributed by atoms with Crippen LogP contribution in [-0.4, -0.2) is 11.7 Å². The van der Waals surface area contributed by atoms with Crippen molar-refractivity contribution in [3.8, 4) is 0 Å². The van der Waals surface area contributed by atoms with E-state index in [1.165, 1.54) is 15.3 Å².